The molecular weight excluding hydrogens is 397 g/mol. The van der Waals surface area contributed by atoms with Gasteiger partial charge in [0.15, 0.2) is 0 Å². The van der Waals surface area contributed by atoms with Gasteiger partial charge in [0.2, 0.25) is 5.91 Å². The monoisotopic (exact) mass is 415 g/mol. The van der Waals surface area contributed by atoms with Crippen LogP contribution in [-0.4, -0.2) is 22.0 Å². The summed E-state index contributed by atoms with van der Waals surface area (Å²) in [6.45, 7) is 1.39. The normalized spacial score (nSPS) is 11.1. The molecule has 0 atom stereocenters. The van der Waals surface area contributed by atoms with E-state index in [2.05, 4.69) is 10.3 Å². The molecule has 7 heteroatoms. The van der Waals surface area contributed by atoms with Crippen LogP contribution < -0.4 is 5.32 Å². The van der Waals surface area contributed by atoms with Gasteiger partial charge in [-0.25, -0.2) is 9.37 Å². The first-order valence-electron chi connectivity index (χ1n) is 8.75. The van der Waals surface area contributed by atoms with E-state index in [-0.39, 0.29) is 11.7 Å². The van der Waals surface area contributed by atoms with Gasteiger partial charge < -0.3 is 9.88 Å². The minimum Gasteiger partial charge on any atom is -0.352 e. The molecule has 1 heterocycles. The van der Waals surface area contributed by atoms with Crippen molar-refractivity contribution in [2.45, 2.75) is 22.8 Å². The van der Waals surface area contributed by atoms with Crippen LogP contribution in [0.1, 0.15) is 12.0 Å². The number of amides is 1. The highest BCUT2D eigenvalue weighted by Crippen LogP contribution is 2.31. The van der Waals surface area contributed by atoms with E-state index in [4.69, 9.17) is 11.6 Å². The summed E-state index contributed by atoms with van der Waals surface area (Å²) in [7, 11) is 0. The predicted octanol–water partition coefficient (Wildman–Crippen LogP) is 5.05. The molecule has 0 unspecified atom stereocenters. The van der Waals surface area contributed by atoms with E-state index < -0.39 is 0 Å². The van der Waals surface area contributed by atoms with Crippen LogP contribution in [-0.2, 0) is 11.3 Å². The Hall–Kier alpha value is -2.57. The number of aryl methyl sites for hydroxylation is 1. The molecule has 0 fully saturated rings. The number of nitrogens with one attached hydrogen (secondary N) is 1. The van der Waals surface area contributed by atoms with E-state index in [1.807, 2.05) is 29.0 Å². The molecule has 0 aliphatic carbocycles. The van der Waals surface area contributed by atoms with Gasteiger partial charge in [0, 0.05) is 46.4 Å². The summed E-state index contributed by atoms with van der Waals surface area (Å²) in [6, 6.07) is 11.9. The van der Waals surface area contributed by atoms with Crippen molar-refractivity contribution in [1.29, 1.82) is 0 Å². The average molecular weight is 416 g/mol. The molecule has 28 heavy (non-hydrogen) atoms. The molecule has 1 aromatic heterocycles. The second-order valence-electron chi connectivity index (χ2n) is 6.02. The van der Waals surface area contributed by atoms with E-state index in [1.54, 1.807) is 30.7 Å². The van der Waals surface area contributed by atoms with E-state index in [9.17, 15) is 9.18 Å². The third-order valence-electron chi connectivity index (χ3n) is 3.89. The highest BCUT2D eigenvalue weighted by atomic mass is 35.5. The Morgan fingerprint density at radius 2 is 2.00 bits per heavy atom. The first kappa shape index (κ1) is 20.2. The van der Waals surface area contributed by atoms with Crippen LogP contribution >= 0.6 is 23.4 Å². The number of carbonyl (C=O) groups is 1. The van der Waals surface area contributed by atoms with Crippen molar-refractivity contribution < 1.29 is 9.18 Å². The number of nitrogens with zero attached hydrogens (tertiary/aromatic N) is 2. The first-order chi connectivity index (χ1) is 13.6. The van der Waals surface area contributed by atoms with E-state index >= 15 is 0 Å². The fourth-order valence-electron chi connectivity index (χ4n) is 2.46. The quantitative estimate of drug-likeness (QED) is 0.414. The van der Waals surface area contributed by atoms with Crippen LogP contribution in [0.15, 0.2) is 77.1 Å². The van der Waals surface area contributed by atoms with Gasteiger partial charge in [0.05, 0.1) is 6.33 Å². The Morgan fingerprint density at radius 3 is 2.71 bits per heavy atom. The number of hydrogen-bond acceptors (Lipinski definition) is 3. The number of rotatable bonds is 8. The molecule has 4 nitrogen and oxygen atoms in total. The summed E-state index contributed by atoms with van der Waals surface area (Å²) >= 11 is 7.82. The van der Waals surface area contributed by atoms with Gasteiger partial charge in [-0.2, -0.15) is 0 Å². The third-order valence-corrected chi connectivity index (χ3v) is 5.21. The van der Waals surface area contributed by atoms with Gasteiger partial charge in [0.25, 0.3) is 0 Å². The number of benzene rings is 2. The molecule has 2 aromatic carbocycles. The number of carbonyl (C=O) groups excluding carboxylic acids is 1. The van der Waals surface area contributed by atoms with Crippen molar-refractivity contribution in [3.05, 3.63) is 83.7 Å². The fraction of sp³-hybridized carbons (Fsp3) is 0.143. The zero-order valence-corrected chi connectivity index (χ0v) is 16.6. The minimum atomic E-state index is -0.261. The number of imidazole rings is 1. The number of hydrogen-bond donors (Lipinski definition) is 1. The highest BCUT2D eigenvalue weighted by Gasteiger charge is 2.03. The predicted molar refractivity (Wildman–Crippen MR) is 111 cm³/mol. The Balaban J connectivity index is 1.49. The Bertz CT molecular complexity index is 943. The maximum absolute atomic E-state index is 13.0. The lowest BCUT2D eigenvalue weighted by atomic mass is 10.2. The lowest BCUT2D eigenvalue weighted by Crippen LogP contribution is -2.22. The molecule has 1 amide bonds. The summed E-state index contributed by atoms with van der Waals surface area (Å²) < 4.78 is 14.9. The lowest BCUT2D eigenvalue weighted by Gasteiger charge is -2.05. The smallest absolute Gasteiger partial charge is 0.244 e. The van der Waals surface area contributed by atoms with Gasteiger partial charge >= 0.3 is 0 Å². The van der Waals surface area contributed by atoms with Gasteiger partial charge in [-0.3, -0.25) is 4.79 Å². The molecule has 1 N–H and O–H groups in total. The first-order valence-corrected chi connectivity index (χ1v) is 9.94. The average Bonchev–Trinajstić information content (AvgIpc) is 3.20. The molecule has 0 bridgehead atoms. The van der Waals surface area contributed by atoms with Crippen LogP contribution in [0, 0.1) is 5.82 Å². The van der Waals surface area contributed by atoms with Crippen molar-refractivity contribution in [2.24, 2.45) is 0 Å². The second-order valence-corrected chi connectivity index (χ2v) is 7.57. The molecule has 0 saturated carbocycles. The van der Waals surface area contributed by atoms with Crippen LogP contribution in [0.3, 0.4) is 0 Å². The third kappa shape index (κ3) is 6.25. The summed E-state index contributed by atoms with van der Waals surface area (Å²) in [4.78, 5) is 17.8. The van der Waals surface area contributed by atoms with Gasteiger partial charge in [-0.05, 0) is 54.5 Å². The minimum absolute atomic E-state index is 0.161. The van der Waals surface area contributed by atoms with Crippen LogP contribution in [0.2, 0.25) is 5.02 Å². The van der Waals surface area contributed by atoms with Crippen molar-refractivity contribution in [1.82, 2.24) is 14.9 Å². The fourth-order valence-corrected chi connectivity index (χ4v) is 3.63. The molecule has 3 rings (SSSR count). The Labute approximate surface area is 172 Å². The highest BCUT2D eigenvalue weighted by molar-refractivity contribution is 7.99. The maximum atomic E-state index is 13.0. The molecule has 0 aliphatic rings. The molecule has 0 radical (unpaired) electrons. The molecule has 0 saturated heterocycles. The maximum Gasteiger partial charge on any atom is 0.244 e. The van der Waals surface area contributed by atoms with E-state index in [0.717, 1.165) is 28.3 Å². The summed E-state index contributed by atoms with van der Waals surface area (Å²) in [5, 5.41) is 3.40. The number of aromatic nitrogens is 2. The summed E-state index contributed by atoms with van der Waals surface area (Å²) in [6.07, 6.45) is 9.37. The summed E-state index contributed by atoms with van der Waals surface area (Å²) in [5.41, 5.74) is 0.763. The van der Waals surface area contributed by atoms with Crippen LogP contribution in [0.4, 0.5) is 4.39 Å². The van der Waals surface area contributed by atoms with Gasteiger partial charge in [-0.15, -0.1) is 0 Å². The van der Waals surface area contributed by atoms with E-state index in [0.29, 0.717) is 11.6 Å². The zero-order chi connectivity index (χ0) is 19.8. The topological polar surface area (TPSA) is 46.9 Å². The standard InChI is InChI=1S/C21H19ClFN3OS/c22-20-14-19(28-18-7-4-17(23)5-8-18)6-2-16(20)3-9-21(27)25-10-1-12-26-13-11-24-15-26/h2-9,11,13-15H,1,10,12H2,(H,25,27)/b9-3+. The molecular formula is C21H19ClFN3OS. The molecule has 3 aromatic rings. The lowest BCUT2D eigenvalue weighted by molar-refractivity contribution is -0.116. The van der Waals surface area contributed by atoms with Crippen LogP contribution in [0.25, 0.3) is 6.08 Å². The number of halogens is 2. The second kappa shape index (κ2) is 10.1. The van der Waals surface area contributed by atoms with Crippen molar-refractivity contribution >= 4 is 35.3 Å². The molecule has 0 aliphatic heterocycles. The van der Waals surface area contributed by atoms with Crippen molar-refractivity contribution in [3.8, 4) is 0 Å². The van der Waals surface area contributed by atoms with Crippen LogP contribution in [0.5, 0.6) is 0 Å². The van der Waals surface area contributed by atoms with E-state index in [1.165, 1.54) is 30.0 Å². The van der Waals surface area contributed by atoms with Crippen molar-refractivity contribution in [2.75, 3.05) is 6.54 Å². The van der Waals surface area contributed by atoms with Gasteiger partial charge in [-0.1, -0.05) is 29.4 Å². The Kier molecular flexibility index (Phi) is 7.28. The zero-order valence-electron chi connectivity index (χ0n) is 15.0. The summed E-state index contributed by atoms with van der Waals surface area (Å²) in [5.74, 6) is -0.422. The Morgan fingerprint density at radius 1 is 1.21 bits per heavy atom. The molecule has 0 spiro atoms. The molecule has 144 valence electrons. The largest absolute Gasteiger partial charge is 0.352 e. The SMILES string of the molecule is O=C(/C=C/c1ccc(Sc2ccc(F)cc2)cc1Cl)NCCCn1ccnc1. The van der Waals surface area contributed by atoms with Crippen molar-refractivity contribution in [3.63, 3.8) is 0 Å². The van der Waals surface area contributed by atoms with Gasteiger partial charge in [0.1, 0.15) is 5.82 Å².